The number of nitrogens with one attached hydrogen (secondary N) is 4. The van der Waals surface area contributed by atoms with Crippen LogP contribution in [0.3, 0.4) is 0 Å². The third kappa shape index (κ3) is 14.9. The van der Waals surface area contributed by atoms with Crippen LogP contribution in [0.4, 0.5) is 0 Å². The van der Waals surface area contributed by atoms with Crippen LogP contribution >= 0.6 is 11.8 Å². The van der Waals surface area contributed by atoms with Crippen molar-refractivity contribution in [3.63, 3.8) is 0 Å². The van der Waals surface area contributed by atoms with Gasteiger partial charge in [0, 0.05) is 32.2 Å². The minimum absolute atomic E-state index is 0.0175. The first kappa shape index (κ1) is 44.3. The van der Waals surface area contributed by atoms with Crippen molar-refractivity contribution in [2.75, 3.05) is 32.6 Å². The summed E-state index contributed by atoms with van der Waals surface area (Å²) in [6.07, 6.45) is 0.979. The molecule has 1 aliphatic heterocycles. The fraction of sp³-hybridized carbons (Fsp3) is 0.588. The number of benzene rings is 1. The summed E-state index contributed by atoms with van der Waals surface area (Å²) in [5.74, 6) is -4.15. The van der Waals surface area contributed by atoms with Crippen LogP contribution in [-0.4, -0.2) is 124 Å². The molecule has 0 unspecified atom stereocenters. The van der Waals surface area contributed by atoms with Gasteiger partial charge < -0.3 is 52.6 Å². The summed E-state index contributed by atoms with van der Waals surface area (Å²) in [7, 11) is 1.25. The predicted octanol–water partition coefficient (Wildman–Crippen LogP) is -1.59. The lowest BCUT2D eigenvalue weighted by Crippen LogP contribution is -2.59. The fourth-order valence-corrected chi connectivity index (χ4v) is 6.48. The van der Waals surface area contributed by atoms with Crippen LogP contribution in [0.25, 0.3) is 0 Å². The molecule has 294 valence electrons. The van der Waals surface area contributed by atoms with E-state index >= 15 is 0 Å². The van der Waals surface area contributed by atoms with E-state index in [1.165, 1.54) is 36.3 Å². The average molecular weight is 765 g/mol. The van der Waals surface area contributed by atoms with Crippen molar-refractivity contribution in [3.8, 4) is 5.75 Å². The zero-order valence-electron chi connectivity index (χ0n) is 30.5. The van der Waals surface area contributed by atoms with E-state index in [0.717, 1.165) is 18.7 Å². The number of nitrogens with zero attached hydrogens (tertiary/aromatic N) is 2. The smallest absolute Gasteiger partial charge is 0.306 e. The number of carbonyl (C=O) groups is 7. The number of ether oxygens (including phenoxy) is 1. The van der Waals surface area contributed by atoms with Crippen LogP contribution in [0.2, 0.25) is 0 Å². The highest BCUT2D eigenvalue weighted by Gasteiger charge is 2.40. The van der Waals surface area contributed by atoms with Gasteiger partial charge in [0.1, 0.15) is 36.0 Å². The average Bonchev–Trinajstić information content (AvgIpc) is 3.60. The lowest BCUT2D eigenvalue weighted by atomic mass is 10.0. The molecule has 0 aromatic heterocycles. The van der Waals surface area contributed by atoms with Gasteiger partial charge in [0.25, 0.3) is 0 Å². The van der Waals surface area contributed by atoms with E-state index in [9.17, 15) is 43.8 Å². The van der Waals surface area contributed by atoms with Gasteiger partial charge in [-0.25, -0.2) is 0 Å². The van der Waals surface area contributed by atoms with Gasteiger partial charge in [0.15, 0.2) is 5.96 Å². The lowest BCUT2D eigenvalue weighted by molar-refractivity contribution is -0.142. The summed E-state index contributed by atoms with van der Waals surface area (Å²) in [5.41, 5.74) is 11.4. The molecule has 0 spiro atoms. The second-order valence-electron chi connectivity index (χ2n) is 12.8. The van der Waals surface area contributed by atoms with Gasteiger partial charge in [-0.1, -0.05) is 37.7 Å². The number of methoxy groups -OCH3 is 1. The van der Waals surface area contributed by atoms with Crippen LogP contribution in [0.5, 0.6) is 5.75 Å². The maximum absolute atomic E-state index is 14.2. The van der Waals surface area contributed by atoms with E-state index in [1.54, 1.807) is 13.8 Å². The molecule has 5 atom stereocenters. The number of nitrogens with two attached hydrogens (primary N) is 2. The maximum atomic E-state index is 14.2. The number of hydrogen-bond acceptors (Lipinski definition) is 12. The molecule has 1 saturated heterocycles. The molecule has 1 heterocycles. The molecule has 19 heteroatoms. The summed E-state index contributed by atoms with van der Waals surface area (Å²) in [5, 5.41) is 29.4. The number of phenolic OH excluding ortho intramolecular Hbond substituents is 1. The molecule has 0 saturated carbocycles. The highest BCUT2D eigenvalue weighted by molar-refractivity contribution is 8.13. The number of carbonyl (C=O) groups excluding carboxylic acids is 7. The lowest BCUT2D eigenvalue weighted by Gasteiger charge is -2.31. The molecule has 0 bridgehead atoms. The Morgan fingerprint density at radius 2 is 1.62 bits per heavy atom. The molecular weight excluding hydrogens is 712 g/mol. The third-order valence-corrected chi connectivity index (χ3v) is 9.23. The number of rotatable bonds is 20. The van der Waals surface area contributed by atoms with Crippen LogP contribution in [-0.2, 0) is 44.7 Å². The Bertz CT molecular complexity index is 1470. The number of aliphatic imine (C=N–C) groups is 1. The van der Waals surface area contributed by atoms with Crippen molar-refractivity contribution in [2.24, 2.45) is 22.4 Å². The van der Waals surface area contributed by atoms with E-state index in [1.807, 2.05) is 0 Å². The first-order chi connectivity index (χ1) is 25.1. The van der Waals surface area contributed by atoms with Crippen molar-refractivity contribution >= 4 is 58.3 Å². The Morgan fingerprint density at radius 1 is 0.981 bits per heavy atom. The summed E-state index contributed by atoms with van der Waals surface area (Å²) in [4.78, 5) is 96.2. The van der Waals surface area contributed by atoms with E-state index in [2.05, 4.69) is 31.0 Å². The summed E-state index contributed by atoms with van der Waals surface area (Å²) in [6.45, 7) is 4.24. The first-order valence-corrected chi connectivity index (χ1v) is 18.2. The number of phenols is 1. The molecule has 10 N–H and O–H groups in total. The van der Waals surface area contributed by atoms with Gasteiger partial charge in [-0.05, 0) is 49.3 Å². The Hall–Kier alpha value is -4.91. The van der Waals surface area contributed by atoms with Crippen molar-refractivity contribution in [3.05, 3.63) is 29.8 Å². The van der Waals surface area contributed by atoms with Gasteiger partial charge in [0.2, 0.25) is 34.7 Å². The largest absolute Gasteiger partial charge is 0.508 e. The second-order valence-corrected chi connectivity index (χ2v) is 13.9. The molecule has 0 aliphatic carbocycles. The minimum Gasteiger partial charge on any atom is -0.508 e. The third-order valence-electron chi connectivity index (χ3n) is 8.28. The van der Waals surface area contributed by atoms with Crippen LogP contribution < -0.4 is 32.7 Å². The molecule has 0 radical (unpaired) electrons. The zero-order chi connectivity index (χ0) is 39.7. The van der Waals surface area contributed by atoms with E-state index in [4.69, 9.17) is 11.5 Å². The highest BCUT2D eigenvalue weighted by atomic mass is 32.2. The van der Waals surface area contributed by atoms with Crippen molar-refractivity contribution in [1.29, 1.82) is 0 Å². The summed E-state index contributed by atoms with van der Waals surface area (Å²) in [6, 6.07) is 0.136. The van der Waals surface area contributed by atoms with Crippen molar-refractivity contribution < 1.29 is 48.5 Å². The molecule has 2 rings (SSSR count). The zero-order valence-corrected chi connectivity index (χ0v) is 31.3. The molecule has 1 aromatic carbocycles. The summed E-state index contributed by atoms with van der Waals surface area (Å²) < 4.78 is 4.61. The number of hydrogen-bond donors (Lipinski definition) is 8. The van der Waals surface area contributed by atoms with Crippen LogP contribution in [0.15, 0.2) is 29.3 Å². The number of esters is 1. The Labute approximate surface area is 312 Å². The number of thioether (sulfide) groups is 1. The fourth-order valence-electron chi connectivity index (χ4n) is 5.50. The predicted molar refractivity (Wildman–Crippen MR) is 196 cm³/mol. The van der Waals surface area contributed by atoms with Crippen molar-refractivity contribution in [1.82, 2.24) is 26.2 Å². The van der Waals surface area contributed by atoms with Gasteiger partial charge in [-0.15, -0.1) is 0 Å². The van der Waals surface area contributed by atoms with Gasteiger partial charge >= 0.3 is 5.97 Å². The summed E-state index contributed by atoms with van der Waals surface area (Å²) >= 11 is 0.899. The van der Waals surface area contributed by atoms with Gasteiger partial charge in [-0.3, -0.25) is 38.6 Å². The molecule has 1 fully saturated rings. The van der Waals surface area contributed by atoms with Gasteiger partial charge in [0.05, 0.1) is 20.1 Å². The van der Waals surface area contributed by atoms with Crippen molar-refractivity contribution in [2.45, 2.75) is 89.5 Å². The molecule has 18 nitrogen and oxygen atoms in total. The number of aromatic hydroxyl groups is 1. The number of amides is 5. The number of likely N-dealkylation sites (tertiary alicyclic amines) is 1. The van der Waals surface area contributed by atoms with E-state index in [0.29, 0.717) is 18.4 Å². The van der Waals surface area contributed by atoms with Crippen LogP contribution in [0, 0.1) is 5.92 Å². The topological polar surface area (TPSA) is 285 Å². The molecule has 53 heavy (non-hydrogen) atoms. The van der Waals surface area contributed by atoms with Crippen LogP contribution in [0.1, 0.15) is 58.4 Å². The Balaban J connectivity index is 2.33. The van der Waals surface area contributed by atoms with E-state index < -0.39 is 72.3 Å². The standard InChI is InChI=1S/C34H52N8O10S/c1-19(2)28(33(51)53-16-13-27(46)52-4)41-31(49)26-8-6-15-42(26)32(50)23(7-5-14-37-34(35)36)39-29(47)24(17-21-9-11-22(45)12-10-21)40-30(48)25(18-43)38-20(3)44/h9-12,19,23-26,28,43,45H,5-8,13-18H2,1-4H3,(H,38,44)(H,39,47)(H,40,48)(H,41,49)(H4,35,36,37)/t23-,24-,25-,26-,28-/m0/s1. The first-order valence-electron chi connectivity index (χ1n) is 17.2. The Kier molecular flexibility index (Phi) is 18.6. The quantitative estimate of drug-likeness (QED) is 0.0322. The second kappa shape index (κ2) is 22.2. The van der Waals surface area contributed by atoms with Gasteiger partial charge in [-0.2, -0.15) is 0 Å². The number of aliphatic hydroxyl groups is 1. The monoisotopic (exact) mass is 764 g/mol. The maximum Gasteiger partial charge on any atom is 0.306 e. The minimum atomic E-state index is -1.36. The number of aliphatic hydroxyl groups excluding tert-OH is 1. The SMILES string of the molecule is COC(=O)CCSC(=O)[C@@H](NC(=O)[C@@H]1CCCN1C(=O)[C@H](CCCN=C(N)N)NC(=O)[C@H](Cc1ccc(O)cc1)NC(=O)[C@H](CO)NC(C)=O)C(C)C. The Morgan fingerprint density at radius 3 is 2.21 bits per heavy atom. The van der Waals surface area contributed by atoms with E-state index in [-0.39, 0.29) is 67.3 Å². The highest BCUT2D eigenvalue weighted by Crippen LogP contribution is 2.22. The molecule has 5 amide bonds. The molecule has 1 aliphatic rings. The molecule has 1 aromatic rings. The normalized spacial score (nSPS) is 16.0. The number of guanidine groups is 1. The molecular formula is C34H52N8O10S.